The summed E-state index contributed by atoms with van der Waals surface area (Å²) in [6.45, 7) is 9.65. The lowest BCUT2D eigenvalue weighted by molar-refractivity contribution is -0.696. The average molecular weight is 830 g/mol. The lowest BCUT2D eigenvalue weighted by Crippen LogP contribution is -3.00. The summed E-state index contributed by atoms with van der Waals surface area (Å²) in [6.07, 6.45) is 4.16. The van der Waals surface area contributed by atoms with Crippen LogP contribution in [-0.2, 0) is 17.9 Å². The molecule has 2 aliphatic rings. The van der Waals surface area contributed by atoms with Crippen LogP contribution in [-0.4, -0.2) is 44.5 Å². The van der Waals surface area contributed by atoms with E-state index in [1.807, 2.05) is 86.3 Å². The van der Waals surface area contributed by atoms with E-state index in [1.54, 1.807) is 23.1 Å². The van der Waals surface area contributed by atoms with Gasteiger partial charge in [-0.2, -0.15) is 4.57 Å². The Labute approximate surface area is 342 Å². The van der Waals surface area contributed by atoms with Gasteiger partial charge in [0.05, 0.1) is 24.4 Å². The van der Waals surface area contributed by atoms with E-state index >= 15 is 0 Å². The number of fused-ring (bicyclic) bond motifs is 4. The smallest absolute Gasteiger partial charge is 0.271 e. The largest absolute Gasteiger partial charge is 1.00 e. The van der Waals surface area contributed by atoms with Crippen LogP contribution in [0.2, 0.25) is 5.02 Å². The van der Waals surface area contributed by atoms with Crippen LogP contribution in [0.15, 0.2) is 87.6 Å². The van der Waals surface area contributed by atoms with Gasteiger partial charge < -0.3 is 22.6 Å². The highest BCUT2D eigenvalue weighted by molar-refractivity contribution is 8.08. The van der Waals surface area contributed by atoms with Crippen molar-refractivity contribution in [1.82, 2.24) is 24.6 Å². The number of amides is 1. The van der Waals surface area contributed by atoms with E-state index in [1.165, 1.54) is 16.2 Å². The number of hydrogen-bond acceptors (Lipinski definition) is 9. The molecule has 8 rings (SSSR count). The zero-order chi connectivity index (χ0) is 37.7. The van der Waals surface area contributed by atoms with Crippen LogP contribution in [0.3, 0.4) is 0 Å². The minimum absolute atomic E-state index is 0. The molecule has 6 heterocycles. The molecule has 0 unspecified atom stereocenters. The summed E-state index contributed by atoms with van der Waals surface area (Å²) < 4.78 is 7.58. The van der Waals surface area contributed by atoms with E-state index in [9.17, 15) is 9.59 Å². The van der Waals surface area contributed by atoms with Gasteiger partial charge in [0.2, 0.25) is 11.6 Å². The Kier molecular flexibility index (Phi) is 11.2. The number of nitrogens with zero attached hydrogens (tertiary/aromatic N) is 7. The van der Waals surface area contributed by atoms with Gasteiger partial charge in [0.1, 0.15) is 31.1 Å². The quantitative estimate of drug-likeness (QED) is 0.237. The van der Waals surface area contributed by atoms with Crippen LogP contribution in [0, 0.1) is 20.8 Å². The number of aliphatic imine (C=N–C) groups is 1. The molecule has 0 saturated heterocycles. The van der Waals surface area contributed by atoms with Gasteiger partial charge >= 0.3 is 0 Å². The number of hydrogen-bond donors (Lipinski definition) is 1. The highest BCUT2D eigenvalue weighted by Gasteiger charge is 2.32. The third-order valence-electron chi connectivity index (χ3n) is 9.82. The minimum Gasteiger partial charge on any atom is -1.00 e. The molecular formula is C40H38Cl2N8O2S3. The SMILES string of the molecule is CCn1c(=O)/c(=C2\Sc3ccccc3N2C)s/c1=C\c1cccc[n+]1CCNC(=O)C[C@@H]1N=C(c2ccc(Cl)cc2)c2c(sc(C)c2C)-n2c(C)nnc21.[Cl-]. The number of anilines is 1. The number of aryl methyl sites for hydroxylation is 2. The molecule has 1 atom stereocenters. The Morgan fingerprint density at radius 1 is 1.02 bits per heavy atom. The molecule has 4 aromatic heterocycles. The molecule has 0 saturated carbocycles. The van der Waals surface area contributed by atoms with E-state index in [4.69, 9.17) is 16.6 Å². The second-order valence-electron chi connectivity index (χ2n) is 13.2. The normalized spacial score (nSPS) is 15.9. The van der Waals surface area contributed by atoms with E-state index in [-0.39, 0.29) is 30.3 Å². The van der Waals surface area contributed by atoms with E-state index < -0.39 is 6.04 Å². The number of benzene rings is 2. The van der Waals surface area contributed by atoms with Crippen molar-refractivity contribution in [3.8, 4) is 5.00 Å². The van der Waals surface area contributed by atoms with Crippen molar-refractivity contribution < 1.29 is 21.8 Å². The molecular weight excluding hydrogens is 792 g/mol. The molecule has 0 radical (unpaired) electrons. The van der Waals surface area contributed by atoms with E-state index in [2.05, 4.69) is 61.6 Å². The van der Waals surface area contributed by atoms with Crippen molar-refractivity contribution >= 4 is 74.4 Å². The van der Waals surface area contributed by atoms with Crippen molar-refractivity contribution in [2.75, 3.05) is 18.5 Å². The van der Waals surface area contributed by atoms with Crippen molar-refractivity contribution in [2.24, 2.45) is 4.99 Å². The summed E-state index contributed by atoms with van der Waals surface area (Å²) >= 11 is 11.1. The molecule has 2 aliphatic heterocycles. The number of para-hydroxylation sites is 1. The predicted octanol–water partition coefficient (Wildman–Crippen LogP) is 2.68. The van der Waals surface area contributed by atoms with Crippen molar-refractivity contribution in [1.29, 1.82) is 0 Å². The fraction of sp³-hybridized carbons (Fsp3) is 0.250. The second-order valence-corrected chi connectivity index (χ2v) is 16.9. The van der Waals surface area contributed by atoms with Crippen LogP contribution in [0.4, 0.5) is 5.69 Å². The summed E-state index contributed by atoms with van der Waals surface area (Å²) in [4.78, 5) is 37.0. The molecule has 0 aliphatic carbocycles. The van der Waals surface area contributed by atoms with Crippen LogP contribution in [0.25, 0.3) is 16.1 Å². The first-order valence-corrected chi connectivity index (χ1v) is 20.5. The Balaban J connectivity index is 0.00000465. The molecule has 282 valence electrons. The summed E-state index contributed by atoms with van der Waals surface area (Å²) in [7, 11) is 2.01. The monoisotopic (exact) mass is 828 g/mol. The van der Waals surface area contributed by atoms with Crippen LogP contribution < -0.4 is 41.9 Å². The van der Waals surface area contributed by atoms with Gasteiger partial charge in [-0.15, -0.1) is 32.9 Å². The zero-order valence-electron chi connectivity index (χ0n) is 30.8. The Morgan fingerprint density at radius 3 is 2.55 bits per heavy atom. The van der Waals surface area contributed by atoms with Gasteiger partial charge in [0, 0.05) is 57.7 Å². The maximum atomic E-state index is 13.7. The van der Waals surface area contributed by atoms with E-state index in [0.717, 1.165) is 63.7 Å². The number of carbonyl (C=O) groups is 1. The molecule has 2 aromatic carbocycles. The van der Waals surface area contributed by atoms with Crippen molar-refractivity contribution in [3.05, 3.63) is 136 Å². The highest BCUT2D eigenvalue weighted by Crippen LogP contribution is 2.45. The fourth-order valence-electron chi connectivity index (χ4n) is 6.92. The first kappa shape index (κ1) is 38.7. The number of aromatic nitrogens is 5. The molecule has 1 N–H and O–H groups in total. The van der Waals surface area contributed by atoms with Crippen LogP contribution in [0.1, 0.15) is 58.3 Å². The number of thioether (sulfide) groups is 1. The molecule has 55 heavy (non-hydrogen) atoms. The van der Waals surface area contributed by atoms with Crippen molar-refractivity contribution in [2.45, 2.75) is 58.1 Å². The topological polar surface area (TPSA) is 101 Å². The Hall–Kier alpha value is -4.53. The highest BCUT2D eigenvalue weighted by atomic mass is 35.5. The molecule has 0 spiro atoms. The number of thiophene rings is 1. The van der Waals surface area contributed by atoms with Gasteiger partial charge in [-0.05, 0) is 63.6 Å². The lowest BCUT2D eigenvalue weighted by Gasteiger charge is -2.13. The standard InChI is InChI=1S/C40H37ClN8O2S3.ClH/c1-6-48-33(54-36(38(48)51)40-46(5)30-12-7-8-13-31(30)53-40)21-28-11-9-10-19-47(28)20-18-42-32(50)22-29-37-45-44-25(4)49(37)39-34(23(2)24(3)52-39)35(43-29)26-14-16-27(41)17-15-26;/h7-17,19,21,29H,6,18,20,22H2,1-5H3;1H/b40-36+;/t29-;/m0./s1. The van der Waals surface area contributed by atoms with Gasteiger partial charge in [0.25, 0.3) is 5.56 Å². The van der Waals surface area contributed by atoms with Gasteiger partial charge in [-0.1, -0.05) is 47.6 Å². The molecule has 6 aromatic rings. The number of nitrogens with one attached hydrogen (secondary N) is 1. The maximum absolute atomic E-state index is 13.7. The zero-order valence-corrected chi connectivity index (χ0v) is 34.8. The summed E-state index contributed by atoms with van der Waals surface area (Å²) in [5.74, 6) is 1.26. The third-order valence-corrected chi connectivity index (χ3v) is 13.7. The lowest BCUT2D eigenvalue weighted by atomic mass is 9.99. The maximum Gasteiger partial charge on any atom is 0.271 e. The average Bonchev–Trinajstić information content (AvgIpc) is 3.86. The summed E-state index contributed by atoms with van der Waals surface area (Å²) in [6, 6.07) is 21.3. The number of pyridine rings is 1. The van der Waals surface area contributed by atoms with E-state index in [0.29, 0.717) is 30.5 Å². The summed E-state index contributed by atoms with van der Waals surface area (Å²) in [5, 5.41) is 14.7. The van der Waals surface area contributed by atoms with Gasteiger partial charge in [0.15, 0.2) is 18.6 Å². The van der Waals surface area contributed by atoms with Crippen molar-refractivity contribution in [3.63, 3.8) is 0 Å². The molecule has 0 bridgehead atoms. The summed E-state index contributed by atoms with van der Waals surface area (Å²) in [5.41, 5.74) is 5.96. The number of halogens is 2. The molecule has 1 amide bonds. The van der Waals surface area contributed by atoms with Crippen LogP contribution >= 0.6 is 46.0 Å². The number of carbonyl (C=O) groups excluding carboxylic acids is 1. The molecule has 15 heteroatoms. The molecule has 10 nitrogen and oxygen atoms in total. The van der Waals surface area contributed by atoms with Crippen LogP contribution in [0.5, 0.6) is 0 Å². The first-order chi connectivity index (χ1) is 26.1. The Morgan fingerprint density at radius 2 is 1.78 bits per heavy atom. The van der Waals surface area contributed by atoms with Gasteiger partial charge in [-0.3, -0.25) is 23.7 Å². The van der Waals surface area contributed by atoms with Gasteiger partial charge in [-0.25, -0.2) is 0 Å². The third kappa shape index (κ3) is 7.20. The fourth-order valence-corrected chi connectivity index (χ4v) is 10.7. The molecule has 0 fully saturated rings. The number of rotatable bonds is 8. The minimum atomic E-state index is -0.550. The predicted molar refractivity (Wildman–Crippen MR) is 219 cm³/mol. The first-order valence-electron chi connectivity index (χ1n) is 17.7. The number of thiazole rings is 1. The second kappa shape index (κ2) is 15.9. The Bertz CT molecular complexity index is 2660.